The lowest BCUT2D eigenvalue weighted by molar-refractivity contribution is -0.132. The van der Waals surface area contributed by atoms with E-state index >= 15 is 0 Å². The van der Waals surface area contributed by atoms with E-state index in [-0.39, 0.29) is 5.91 Å². The van der Waals surface area contributed by atoms with Crippen molar-refractivity contribution < 1.29 is 19.4 Å². The number of carboxylic acids is 1. The zero-order chi connectivity index (χ0) is 12.0. The first kappa shape index (κ1) is 12.7. The Kier molecular flexibility index (Phi) is 4.98. The molecule has 90 valence electrons. The first-order valence-corrected chi connectivity index (χ1v) is 5.33. The fraction of sp³-hybridized carbons (Fsp3) is 0.636. The predicted octanol–water partition coefficient (Wildman–Crippen LogP) is 0.512. The summed E-state index contributed by atoms with van der Waals surface area (Å²) in [5, 5.41) is 8.39. The molecule has 0 bridgehead atoms. The van der Waals surface area contributed by atoms with Crippen LogP contribution in [0.5, 0.6) is 0 Å². The summed E-state index contributed by atoms with van der Waals surface area (Å²) in [4.78, 5) is 23.2. The number of hydrogen-bond acceptors (Lipinski definition) is 3. The van der Waals surface area contributed by atoms with Gasteiger partial charge in [-0.2, -0.15) is 0 Å². The summed E-state index contributed by atoms with van der Waals surface area (Å²) in [6.07, 6.45) is 4.01. The van der Waals surface area contributed by atoms with Crippen LogP contribution in [0.2, 0.25) is 0 Å². The Morgan fingerprint density at radius 3 is 2.81 bits per heavy atom. The van der Waals surface area contributed by atoms with Crippen LogP contribution >= 0.6 is 0 Å². The molecule has 0 aromatic heterocycles. The monoisotopic (exact) mass is 227 g/mol. The van der Waals surface area contributed by atoms with Crippen molar-refractivity contribution >= 4 is 11.9 Å². The number of aliphatic carboxylic acids is 1. The molecule has 0 aromatic rings. The number of carbonyl (C=O) groups excluding carboxylic acids is 1. The smallest absolute Gasteiger partial charge is 0.328 e. The van der Waals surface area contributed by atoms with Crippen molar-refractivity contribution in [1.82, 2.24) is 4.90 Å². The van der Waals surface area contributed by atoms with Gasteiger partial charge in [0.15, 0.2) is 0 Å². The van der Waals surface area contributed by atoms with Crippen LogP contribution in [0.3, 0.4) is 0 Å². The summed E-state index contributed by atoms with van der Waals surface area (Å²) in [7, 11) is 1.67. The molecule has 0 aliphatic carbocycles. The van der Waals surface area contributed by atoms with E-state index in [1.54, 1.807) is 7.05 Å². The van der Waals surface area contributed by atoms with Crippen LogP contribution in [0.25, 0.3) is 0 Å². The van der Waals surface area contributed by atoms with Crippen LogP contribution in [0, 0.1) is 5.92 Å². The maximum absolute atomic E-state index is 11.5. The van der Waals surface area contributed by atoms with Crippen molar-refractivity contribution in [3.05, 3.63) is 12.2 Å². The minimum absolute atomic E-state index is 0.284. The number of likely N-dealkylation sites (N-methyl/N-ethyl adjacent to an activating group) is 1. The molecule has 1 aliphatic rings. The molecule has 0 spiro atoms. The van der Waals surface area contributed by atoms with Crippen molar-refractivity contribution in [2.45, 2.75) is 12.8 Å². The van der Waals surface area contributed by atoms with Gasteiger partial charge in [0.2, 0.25) is 5.91 Å². The Bertz CT molecular complexity index is 282. The summed E-state index contributed by atoms with van der Waals surface area (Å²) < 4.78 is 5.31. The second-order valence-electron chi connectivity index (χ2n) is 3.97. The van der Waals surface area contributed by atoms with Crippen LogP contribution in [0.1, 0.15) is 12.8 Å². The quantitative estimate of drug-likeness (QED) is 0.711. The number of amides is 1. The van der Waals surface area contributed by atoms with E-state index in [0.29, 0.717) is 19.1 Å². The molecule has 0 radical (unpaired) electrons. The van der Waals surface area contributed by atoms with Crippen molar-refractivity contribution in [2.75, 3.05) is 26.8 Å². The first-order valence-electron chi connectivity index (χ1n) is 5.33. The second-order valence-corrected chi connectivity index (χ2v) is 3.97. The fourth-order valence-electron chi connectivity index (χ4n) is 1.70. The molecule has 1 aliphatic heterocycles. The predicted molar refractivity (Wildman–Crippen MR) is 58.0 cm³/mol. The minimum atomic E-state index is -1.11. The van der Waals surface area contributed by atoms with E-state index in [4.69, 9.17) is 9.84 Å². The third-order valence-corrected chi connectivity index (χ3v) is 2.53. The first-order chi connectivity index (χ1) is 7.59. The summed E-state index contributed by atoms with van der Waals surface area (Å²) in [5.74, 6) is -1.03. The third kappa shape index (κ3) is 4.44. The molecule has 5 heteroatoms. The van der Waals surface area contributed by atoms with Gasteiger partial charge in [-0.25, -0.2) is 4.79 Å². The largest absolute Gasteiger partial charge is 0.478 e. The van der Waals surface area contributed by atoms with Gasteiger partial charge in [-0.15, -0.1) is 0 Å². The van der Waals surface area contributed by atoms with Gasteiger partial charge in [-0.05, 0) is 18.8 Å². The number of carboxylic acid groups (broad SMARTS) is 1. The third-order valence-electron chi connectivity index (χ3n) is 2.53. The molecule has 1 saturated heterocycles. The van der Waals surface area contributed by atoms with Gasteiger partial charge in [-0.1, -0.05) is 0 Å². The second kappa shape index (κ2) is 6.27. The summed E-state index contributed by atoms with van der Waals surface area (Å²) in [6.45, 7) is 2.09. The van der Waals surface area contributed by atoms with E-state index in [1.165, 1.54) is 4.90 Å². The van der Waals surface area contributed by atoms with Gasteiger partial charge in [0.25, 0.3) is 0 Å². The minimum Gasteiger partial charge on any atom is -0.478 e. The van der Waals surface area contributed by atoms with Crippen molar-refractivity contribution in [1.29, 1.82) is 0 Å². The molecule has 0 saturated carbocycles. The van der Waals surface area contributed by atoms with Gasteiger partial charge in [0.1, 0.15) is 0 Å². The molecule has 5 nitrogen and oxygen atoms in total. The van der Waals surface area contributed by atoms with Crippen LogP contribution in [-0.4, -0.2) is 48.7 Å². The van der Waals surface area contributed by atoms with Crippen molar-refractivity contribution in [3.8, 4) is 0 Å². The SMILES string of the molecule is CN(CC1CCCOC1)C(=O)C=CC(=O)O. The molecule has 1 rings (SSSR count). The highest BCUT2D eigenvalue weighted by molar-refractivity contribution is 5.93. The Hall–Kier alpha value is -1.36. The van der Waals surface area contributed by atoms with Crippen LogP contribution in [-0.2, 0) is 14.3 Å². The zero-order valence-corrected chi connectivity index (χ0v) is 9.39. The van der Waals surface area contributed by atoms with Crippen molar-refractivity contribution in [2.24, 2.45) is 5.92 Å². The molecule has 1 heterocycles. The molecule has 1 amide bonds. The van der Waals surface area contributed by atoms with Crippen LogP contribution < -0.4 is 0 Å². The molecular weight excluding hydrogens is 210 g/mol. The number of nitrogens with zero attached hydrogens (tertiary/aromatic N) is 1. The zero-order valence-electron chi connectivity index (χ0n) is 9.39. The Morgan fingerprint density at radius 2 is 2.25 bits per heavy atom. The molecule has 1 fully saturated rings. The Labute approximate surface area is 94.7 Å². The molecular formula is C11H17NO4. The van der Waals surface area contributed by atoms with Gasteiger partial charge >= 0.3 is 5.97 Å². The van der Waals surface area contributed by atoms with Gasteiger partial charge in [0, 0.05) is 32.4 Å². The Morgan fingerprint density at radius 1 is 1.50 bits per heavy atom. The maximum atomic E-state index is 11.5. The summed E-state index contributed by atoms with van der Waals surface area (Å²) >= 11 is 0. The van der Waals surface area contributed by atoms with E-state index in [1.807, 2.05) is 0 Å². The number of carbonyl (C=O) groups is 2. The highest BCUT2D eigenvalue weighted by atomic mass is 16.5. The molecule has 16 heavy (non-hydrogen) atoms. The van der Waals surface area contributed by atoms with Crippen LogP contribution in [0.4, 0.5) is 0 Å². The highest BCUT2D eigenvalue weighted by Gasteiger charge is 2.17. The van der Waals surface area contributed by atoms with E-state index < -0.39 is 5.97 Å². The lowest BCUT2D eigenvalue weighted by atomic mass is 10.0. The summed E-state index contributed by atoms with van der Waals surface area (Å²) in [6, 6.07) is 0. The van der Waals surface area contributed by atoms with Gasteiger partial charge < -0.3 is 14.7 Å². The molecule has 1 unspecified atom stereocenters. The average molecular weight is 227 g/mol. The molecule has 0 aromatic carbocycles. The van der Waals surface area contributed by atoms with E-state index in [0.717, 1.165) is 31.6 Å². The van der Waals surface area contributed by atoms with E-state index in [9.17, 15) is 9.59 Å². The Balaban J connectivity index is 2.35. The van der Waals surface area contributed by atoms with Gasteiger partial charge in [-0.3, -0.25) is 4.79 Å². The highest BCUT2D eigenvalue weighted by Crippen LogP contribution is 2.14. The number of ether oxygens (including phenoxy) is 1. The van der Waals surface area contributed by atoms with Crippen molar-refractivity contribution in [3.63, 3.8) is 0 Å². The molecule has 1 N–H and O–H groups in total. The average Bonchev–Trinajstić information content (AvgIpc) is 2.27. The lowest BCUT2D eigenvalue weighted by Crippen LogP contribution is -2.34. The number of rotatable bonds is 4. The summed E-state index contributed by atoms with van der Waals surface area (Å²) in [5.41, 5.74) is 0. The molecule has 1 atom stereocenters. The number of hydrogen-bond donors (Lipinski definition) is 1. The van der Waals surface area contributed by atoms with Crippen LogP contribution in [0.15, 0.2) is 12.2 Å². The lowest BCUT2D eigenvalue weighted by Gasteiger charge is -2.26. The topological polar surface area (TPSA) is 66.8 Å². The van der Waals surface area contributed by atoms with Gasteiger partial charge in [0.05, 0.1) is 6.61 Å². The standard InChI is InChI=1S/C11H17NO4/c1-12(10(13)4-5-11(14)15)7-9-3-2-6-16-8-9/h4-5,9H,2-3,6-8H2,1H3,(H,14,15). The van der Waals surface area contributed by atoms with E-state index in [2.05, 4.69) is 0 Å². The maximum Gasteiger partial charge on any atom is 0.328 e. The normalized spacial score (nSPS) is 20.9. The fourth-order valence-corrected chi connectivity index (χ4v) is 1.70.